The molecule has 8 heteroatoms. The highest BCUT2D eigenvalue weighted by Crippen LogP contribution is 2.48. The van der Waals surface area contributed by atoms with Gasteiger partial charge in [0.1, 0.15) is 0 Å². The Bertz CT molecular complexity index is 986. The Morgan fingerprint density at radius 3 is 2.48 bits per heavy atom. The van der Waals surface area contributed by atoms with Crippen LogP contribution in [0.2, 0.25) is 0 Å². The molecule has 144 valence electrons. The van der Waals surface area contributed by atoms with Crippen molar-refractivity contribution in [3.05, 3.63) is 53.1 Å². The fourth-order valence-electron chi connectivity index (χ4n) is 2.92. The van der Waals surface area contributed by atoms with Gasteiger partial charge in [-0.05, 0) is 31.9 Å². The molecule has 0 aliphatic rings. The van der Waals surface area contributed by atoms with E-state index in [-0.39, 0.29) is 6.16 Å². The van der Waals surface area contributed by atoms with Crippen LogP contribution < -0.4 is 5.76 Å². The Hall–Kier alpha value is -2.21. The van der Waals surface area contributed by atoms with Crippen LogP contribution in [0.4, 0.5) is 0 Å². The van der Waals surface area contributed by atoms with Crippen molar-refractivity contribution in [3.8, 4) is 11.1 Å². The zero-order chi connectivity index (χ0) is 19.3. The molecule has 1 aromatic carbocycles. The Balaban J connectivity index is 1.78. The first-order chi connectivity index (χ1) is 13.1. The zero-order valence-electron chi connectivity index (χ0n) is 15.5. The fourth-order valence-corrected chi connectivity index (χ4v) is 4.57. The molecule has 0 saturated heterocycles. The van der Waals surface area contributed by atoms with Crippen LogP contribution in [0, 0.1) is 0 Å². The lowest BCUT2D eigenvalue weighted by atomic mass is 10.1. The van der Waals surface area contributed by atoms with Gasteiger partial charge in [-0.15, -0.1) is 0 Å². The highest BCUT2D eigenvalue weighted by Gasteiger charge is 2.23. The Labute approximate surface area is 157 Å². The van der Waals surface area contributed by atoms with Gasteiger partial charge in [-0.1, -0.05) is 30.3 Å². The lowest BCUT2D eigenvalue weighted by Crippen LogP contribution is -2.16. The number of pyridine rings is 1. The molecular formula is C19H23N2O5P. The summed E-state index contributed by atoms with van der Waals surface area (Å²) in [5.41, 5.74) is 2.78. The van der Waals surface area contributed by atoms with Crippen molar-refractivity contribution in [3.63, 3.8) is 0 Å². The first-order valence-corrected chi connectivity index (χ1v) is 10.7. The third-order valence-corrected chi connectivity index (χ3v) is 6.25. The van der Waals surface area contributed by atoms with E-state index in [4.69, 9.17) is 13.5 Å². The maximum absolute atomic E-state index is 12.5. The molecule has 0 fully saturated rings. The highest BCUT2D eigenvalue weighted by atomic mass is 31.2. The number of hydrogen-bond donors (Lipinski definition) is 0. The zero-order valence-corrected chi connectivity index (χ0v) is 16.4. The van der Waals surface area contributed by atoms with E-state index in [2.05, 4.69) is 4.98 Å². The molecular weight excluding hydrogens is 367 g/mol. The molecule has 3 aromatic rings. The van der Waals surface area contributed by atoms with Crippen LogP contribution >= 0.6 is 7.60 Å². The van der Waals surface area contributed by atoms with Crippen LogP contribution in [0.15, 0.2) is 51.8 Å². The summed E-state index contributed by atoms with van der Waals surface area (Å²) >= 11 is 0. The molecule has 0 N–H and O–H groups in total. The molecule has 2 aromatic heterocycles. The average Bonchev–Trinajstić information content (AvgIpc) is 2.97. The summed E-state index contributed by atoms with van der Waals surface area (Å²) < 4.78 is 29.9. The minimum Gasteiger partial charge on any atom is -0.406 e. The predicted molar refractivity (Wildman–Crippen MR) is 104 cm³/mol. The van der Waals surface area contributed by atoms with Gasteiger partial charge < -0.3 is 13.5 Å². The molecule has 27 heavy (non-hydrogen) atoms. The molecule has 0 bridgehead atoms. The molecule has 7 nitrogen and oxygen atoms in total. The van der Waals surface area contributed by atoms with Crippen molar-refractivity contribution in [2.45, 2.75) is 26.8 Å². The summed E-state index contributed by atoms with van der Waals surface area (Å²) in [6.45, 7) is 4.50. The first-order valence-electron chi connectivity index (χ1n) is 8.99. The number of rotatable bonds is 9. The van der Waals surface area contributed by atoms with Crippen LogP contribution in [-0.4, -0.2) is 28.9 Å². The van der Waals surface area contributed by atoms with Gasteiger partial charge in [0.25, 0.3) is 0 Å². The van der Waals surface area contributed by atoms with Crippen molar-refractivity contribution >= 4 is 18.8 Å². The number of aryl methyl sites for hydroxylation is 1. The molecule has 0 aliphatic heterocycles. The van der Waals surface area contributed by atoms with Gasteiger partial charge in [-0.3, -0.25) is 9.13 Å². The number of oxazole rings is 1. The third-order valence-electron chi connectivity index (χ3n) is 4.08. The van der Waals surface area contributed by atoms with Crippen LogP contribution in [0.1, 0.15) is 20.3 Å². The van der Waals surface area contributed by atoms with Gasteiger partial charge in [0.2, 0.25) is 0 Å². The van der Waals surface area contributed by atoms with Gasteiger partial charge in [0, 0.05) is 18.3 Å². The van der Waals surface area contributed by atoms with E-state index in [1.54, 1.807) is 26.1 Å². The summed E-state index contributed by atoms with van der Waals surface area (Å²) in [7, 11) is -3.13. The normalized spacial score (nSPS) is 11.9. The highest BCUT2D eigenvalue weighted by molar-refractivity contribution is 7.53. The molecule has 2 heterocycles. The van der Waals surface area contributed by atoms with Gasteiger partial charge in [0.05, 0.1) is 19.4 Å². The Morgan fingerprint density at radius 2 is 1.81 bits per heavy atom. The van der Waals surface area contributed by atoms with E-state index in [0.29, 0.717) is 37.4 Å². The number of hydrogen-bond acceptors (Lipinski definition) is 6. The van der Waals surface area contributed by atoms with Crippen molar-refractivity contribution in [2.75, 3.05) is 19.4 Å². The maximum Gasteiger partial charge on any atom is 0.421 e. The summed E-state index contributed by atoms with van der Waals surface area (Å²) in [5, 5.41) is 0. The van der Waals surface area contributed by atoms with Gasteiger partial charge in [-0.2, -0.15) is 0 Å². The van der Waals surface area contributed by atoms with Gasteiger partial charge in [0.15, 0.2) is 11.2 Å². The number of aromatic nitrogens is 2. The molecule has 0 amide bonds. The molecule has 3 rings (SSSR count). The summed E-state index contributed by atoms with van der Waals surface area (Å²) in [4.78, 5) is 16.6. The smallest absolute Gasteiger partial charge is 0.406 e. The van der Waals surface area contributed by atoms with Crippen LogP contribution in [0.25, 0.3) is 22.4 Å². The van der Waals surface area contributed by atoms with E-state index in [9.17, 15) is 9.36 Å². The SMILES string of the molecule is CCOP(=O)(CCCn1c(=O)oc2cc(-c3ccccc3)cnc21)OCC. The third kappa shape index (κ3) is 4.56. The van der Waals surface area contributed by atoms with Crippen LogP contribution in [-0.2, 0) is 20.2 Å². The summed E-state index contributed by atoms with van der Waals surface area (Å²) in [6.07, 6.45) is 2.40. The fraction of sp³-hybridized carbons (Fsp3) is 0.368. The molecule has 0 spiro atoms. The van der Waals surface area contributed by atoms with E-state index in [1.807, 2.05) is 30.3 Å². The second-order valence-electron chi connectivity index (χ2n) is 5.95. The standard InChI is InChI=1S/C19H23N2O5P/c1-3-24-27(23,25-4-2)12-8-11-21-18-17(26-19(21)22)13-16(14-20-18)15-9-6-5-7-10-15/h5-7,9-10,13-14H,3-4,8,11-12H2,1-2H3. The molecule has 0 atom stereocenters. The second-order valence-corrected chi connectivity index (χ2v) is 8.14. The van der Waals surface area contributed by atoms with Crippen molar-refractivity contribution < 1.29 is 18.0 Å². The molecule has 0 unspecified atom stereocenters. The topological polar surface area (TPSA) is 83.6 Å². The Morgan fingerprint density at radius 1 is 1.11 bits per heavy atom. The van der Waals surface area contributed by atoms with Gasteiger partial charge >= 0.3 is 13.4 Å². The summed E-state index contributed by atoms with van der Waals surface area (Å²) in [5.74, 6) is -0.481. The number of nitrogens with zero attached hydrogens (tertiary/aromatic N) is 2. The van der Waals surface area contributed by atoms with E-state index in [1.165, 1.54) is 4.57 Å². The molecule has 0 aliphatic carbocycles. The van der Waals surface area contributed by atoms with Crippen molar-refractivity contribution in [1.82, 2.24) is 9.55 Å². The first kappa shape index (κ1) is 19.5. The minimum absolute atomic E-state index is 0.232. The monoisotopic (exact) mass is 390 g/mol. The van der Waals surface area contributed by atoms with E-state index >= 15 is 0 Å². The van der Waals surface area contributed by atoms with Crippen LogP contribution in [0.3, 0.4) is 0 Å². The predicted octanol–water partition coefficient (Wildman–Crippen LogP) is 4.31. The summed E-state index contributed by atoms with van der Waals surface area (Å²) in [6, 6.07) is 11.6. The van der Waals surface area contributed by atoms with Gasteiger partial charge in [-0.25, -0.2) is 9.78 Å². The maximum atomic E-state index is 12.5. The van der Waals surface area contributed by atoms with Crippen molar-refractivity contribution in [2.24, 2.45) is 0 Å². The lowest BCUT2D eigenvalue weighted by Gasteiger charge is -2.16. The lowest BCUT2D eigenvalue weighted by molar-refractivity contribution is 0.219. The van der Waals surface area contributed by atoms with Crippen LogP contribution in [0.5, 0.6) is 0 Å². The number of fused-ring (bicyclic) bond motifs is 1. The average molecular weight is 390 g/mol. The minimum atomic E-state index is -3.13. The quantitative estimate of drug-likeness (QED) is 0.506. The van der Waals surface area contributed by atoms with E-state index < -0.39 is 13.4 Å². The number of benzene rings is 1. The largest absolute Gasteiger partial charge is 0.421 e. The Kier molecular flexibility index (Phi) is 6.26. The van der Waals surface area contributed by atoms with E-state index in [0.717, 1.165) is 11.1 Å². The molecule has 0 saturated carbocycles. The van der Waals surface area contributed by atoms with Crippen molar-refractivity contribution in [1.29, 1.82) is 0 Å². The molecule has 0 radical (unpaired) electrons. The second kappa shape index (κ2) is 8.65.